The maximum atomic E-state index is 2.45. The smallest absolute Gasteiger partial charge is 0.0757 e. The van der Waals surface area contributed by atoms with Crippen LogP contribution in [-0.2, 0) is 0 Å². The second-order valence-electron chi connectivity index (χ2n) is 6.59. The van der Waals surface area contributed by atoms with Gasteiger partial charge in [0.1, 0.15) is 0 Å². The summed E-state index contributed by atoms with van der Waals surface area (Å²) >= 11 is 0. The van der Waals surface area contributed by atoms with Crippen LogP contribution in [0.4, 0.5) is 0 Å². The molecule has 0 atom stereocenters. The van der Waals surface area contributed by atoms with Crippen LogP contribution in [0.15, 0.2) is 54.1 Å². The van der Waals surface area contributed by atoms with Crippen molar-refractivity contribution in [2.45, 2.75) is 33.9 Å². The molecule has 1 aromatic carbocycles. The summed E-state index contributed by atoms with van der Waals surface area (Å²) in [6.45, 7) is 11.8. The normalized spacial score (nSPS) is 17.1. The standard InChI is InChI=1S/C17H23Si/c1-17(2,3)15-12-9-13-16(15)18(4,5)14-10-7-6-8-11-14/h6-13H,1-5H3. The molecule has 18 heavy (non-hydrogen) atoms. The number of allylic oxidation sites excluding steroid dienone is 4. The van der Waals surface area contributed by atoms with E-state index >= 15 is 0 Å². The first-order valence-electron chi connectivity index (χ1n) is 6.65. The predicted octanol–water partition coefficient (Wildman–Crippen LogP) is 4.26. The van der Waals surface area contributed by atoms with Gasteiger partial charge in [0.2, 0.25) is 0 Å². The lowest BCUT2D eigenvalue weighted by molar-refractivity contribution is 0.509. The molecule has 0 fully saturated rings. The lowest BCUT2D eigenvalue weighted by Gasteiger charge is -2.36. The van der Waals surface area contributed by atoms with Gasteiger partial charge in [-0.2, -0.15) is 0 Å². The van der Waals surface area contributed by atoms with E-state index in [2.05, 4.69) is 82.4 Å². The van der Waals surface area contributed by atoms with E-state index in [1.54, 1.807) is 5.54 Å². The van der Waals surface area contributed by atoms with Gasteiger partial charge >= 0.3 is 0 Å². The third kappa shape index (κ3) is 2.37. The van der Waals surface area contributed by atoms with Crippen LogP contribution >= 0.6 is 0 Å². The highest BCUT2D eigenvalue weighted by molar-refractivity contribution is 6.95. The third-order valence-electron chi connectivity index (χ3n) is 3.79. The highest BCUT2D eigenvalue weighted by atomic mass is 28.3. The summed E-state index contributed by atoms with van der Waals surface area (Å²) in [7, 11) is -1.56. The molecule has 0 unspecified atom stereocenters. The van der Waals surface area contributed by atoms with Gasteiger partial charge in [0.15, 0.2) is 0 Å². The summed E-state index contributed by atoms with van der Waals surface area (Å²) in [6.07, 6.45) is 6.85. The molecule has 0 heterocycles. The number of hydrogen-bond donors (Lipinski definition) is 0. The Kier molecular flexibility index (Phi) is 3.37. The monoisotopic (exact) mass is 255 g/mol. The van der Waals surface area contributed by atoms with Crippen LogP contribution in [0.2, 0.25) is 13.1 Å². The molecular formula is C17H23Si. The van der Waals surface area contributed by atoms with Crippen molar-refractivity contribution in [3.05, 3.63) is 59.7 Å². The van der Waals surface area contributed by atoms with E-state index in [0.717, 1.165) is 0 Å². The van der Waals surface area contributed by atoms with Gasteiger partial charge < -0.3 is 0 Å². The molecule has 1 aliphatic carbocycles. The Morgan fingerprint density at radius 3 is 2.11 bits per heavy atom. The Bertz CT molecular complexity index is 472. The molecule has 0 bridgehead atoms. The fourth-order valence-corrected chi connectivity index (χ4v) is 5.61. The van der Waals surface area contributed by atoms with Crippen molar-refractivity contribution in [1.82, 2.24) is 0 Å². The first kappa shape index (κ1) is 13.4. The van der Waals surface area contributed by atoms with E-state index in [-0.39, 0.29) is 5.41 Å². The van der Waals surface area contributed by atoms with Gasteiger partial charge in [0.25, 0.3) is 0 Å². The summed E-state index contributed by atoms with van der Waals surface area (Å²) in [5.74, 6) is 0. The Balaban J connectivity index is 2.37. The Hall–Kier alpha value is -1.08. The van der Waals surface area contributed by atoms with E-state index < -0.39 is 8.07 Å². The largest absolute Gasteiger partial charge is 0.0962 e. The number of rotatable bonds is 2. The highest BCUT2D eigenvalue weighted by Crippen LogP contribution is 2.41. The van der Waals surface area contributed by atoms with Gasteiger partial charge in [-0.25, -0.2) is 0 Å². The van der Waals surface area contributed by atoms with Crippen LogP contribution < -0.4 is 5.19 Å². The van der Waals surface area contributed by atoms with Gasteiger partial charge in [-0.3, -0.25) is 0 Å². The first-order chi connectivity index (χ1) is 8.33. The molecule has 95 valence electrons. The van der Waals surface area contributed by atoms with Gasteiger partial charge in [0.05, 0.1) is 8.07 Å². The molecule has 0 amide bonds. The number of hydrogen-bond acceptors (Lipinski definition) is 0. The van der Waals surface area contributed by atoms with Crippen molar-refractivity contribution in [3.63, 3.8) is 0 Å². The minimum absolute atomic E-state index is 0.234. The summed E-state index contributed by atoms with van der Waals surface area (Å²) < 4.78 is 0. The van der Waals surface area contributed by atoms with Crippen molar-refractivity contribution in [2.24, 2.45) is 5.41 Å². The van der Waals surface area contributed by atoms with Gasteiger partial charge in [-0.1, -0.05) is 93.2 Å². The SMILES string of the molecule is CC(C)(C)C1=CC=C[C]1[Si](C)(C)c1ccccc1. The number of benzene rings is 1. The molecule has 1 aromatic rings. The first-order valence-corrected chi connectivity index (χ1v) is 9.65. The average molecular weight is 255 g/mol. The van der Waals surface area contributed by atoms with Crippen LogP contribution in [0.5, 0.6) is 0 Å². The van der Waals surface area contributed by atoms with Crippen LogP contribution in [0, 0.1) is 11.0 Å². The van der Waals surface area contributed by atoms with Crippen LogP contribution in [0.25, 0.3) is 0 Å². The quantitative estimate of drug-likeness (QED) is 0.693. The van der Waals surface area contributed by atoms with Crippen molar-refractivity contribution in [1.29, 1.82) is 0 Å². The zero-order chi connectivity index (χ0) is 13.4. The molecular weight excluding hydrogens is 232 g/mol. The molecule has 0 saturated carbocycles. The van der Waals surface area contributed by atoms with Gasteiger partial charge in [0, 0.05) is 5.54 Å². The van der Waals surface area contributed by atoms with Crippen LogP contribution in [-0.4, -0.2) is 8.07 Å². The maximum Gasteiger partial charge on any atom is 0.0962 e. The fraction of sp³-hybridized carbons (Fsp3) is 0.353. The minimum Gasteiger partial charge on any atom is -0.0757 e. The second kappa shape index (κ2) is 4.54. The van der Waals surface area contributed by atoms with E-state index in [0.29, 0.717) is 0 Å². The molecule has 0 nitrogen and oxygen atoms in total. The predicted molar refractivity (Wildman–Crippen MR) is 83.5 cm³/mol. The Morgan fingerprint density at radius 1 is 0.944 bits per heavy atom. The molecule has 2 rings (SSSR count). The van der Waals surface area contributed by atoms with Gasteiger partial charge in [-0.05, 0) is 5.41 Å². The van der Waals surface area contributed by atoms with Crippen molar-refractivity contribution < 1.29 is 0 Å². The van der Waals surface area contributed by atoms with Crippen molar-refractivity contribution in [2.75, 3.05) is 0 Å². The van der Waals surface area contributed by atoms with Crippen LogP contribution in [0.3, 0.4) is 0 Å². The molecule has 1 aliphatic rings. The van der Waals surface area contributed by atoms with E-state index in [9.17, 15) is 0 Å². The van der Waals surface area contributed by atoms with E-state index in [1.165, 1.54) is 10.8 Å². The minimum atomic E-state index is -1.56. The van der Waals surface area contributed by atoms with Crippen LogP contribution in [0.1, 0.15) is 20.8 Å². The molecule has 0 saturated heterocycles. The van der Waals surface area contributed by atoms with Gasteiger partial charge in [-0.15, -0.1) is 0 Å². The molecule has 0 spiro atoms. The molecule has 0 aliphatic heterocycles. The highest BCUT2D eigenvalue weighted by Gasteiger charge is 2.39. The Morgan fingerprint density at radius 2 is 1.56 bits per heavy atom. The lowest BCUT2D eigenvalue weighted by Crippen LogP contribution is -2.48. The molecule has 0 aromatic heterocycles. The third-order valence-corrected chi connectivity index (χ3v) is 7.35. The molecule has 0 N–H and O–H groups in total. The second-order valence-corrected chi connectivity index (χ2v) is 11.0. The van der Waals surface area contributed by atoms with Crippen molar-refractivity contribution in [3.8, 4) is 0 Å². The van der Waals surface area contributed by atoms with Crippen molar-refractivity contribution >= 4 is 13.3 Å². The van der Waals surface area contributed by atoms with E-state index in [1.807, 2.05) is 0 Å². The average Bonchev–Trinajstić information content (AvgIpc) is 2.79. The maximum absolute atomic E-state index is 2.45. The zero-order valence-electron chi connectivity index (χ0n) is 12.1. The summed E-state index contributed by atoms with van der Waals surface area (Å²) in [5, 5.41) is 1.52. The topological polar surface area (TPSA) is 0 Å². The summed E-state index contributed by atoms with van der Waals surface area (Å²) in [4.78, 5) is 0. The summed E-state index contributed by atoms with van der Waals surface area (Å²) in [5.41, 5.74) is 3.34. The molecule has 1 heteroatoms. The molecule has 1 radical (unpaired) electrons. The lowest BCUT2D eigenvalue weighted by atomic mass is 9.85. The van der Waals surface area contributed by atoms with E-state index in [4.69, 9.17) is 0 Å². The Labute approximate surface area is 112 Å². The fourth-order valence-electron chi connectivity index (χ4n) is 2.63. The summed E-state index contributed by atoms with van der Waals surface area (Å²) in [6, 6.07) is 11.0. The zero-order valence-corrected chi connectivity index (χ0v) is 13.1.